The van der Waals surface area contributed by atoms with Crippen molar-refractivity contribution in [1.29, 1.82) is 0 Å². The zero-order valence-electron chi connectivity index (χ0n) is 11.4. The Kier molecular flexibility index (Phi) is 3.51. The van der Waals surface area contributed by atoms with Crippen LogP contribution in [0.2, 0.25) is 0 Å². The van der Waals surface area contributed by atoms with Gasteiger partial charge in [-0.1, -0.05) is 33.1 Å². The number of rotatable bonds is 5. The van der Waals surface area contributed by atoms with E-state index in [1.54, 1.807) is 0 Å². The molecule has 3 aliphatic carbocycles. The maximum atomic E-state index is 11.7. The Balaban J connectivity index is 2.02. The zero-order valence-corrected chi connectivity index (χ0v) is 11.4. The van der Waals surface area contributed by atoms with E-state index >= 15 is 0 Å². The largest absolute Gasteiger partial charge is 0.369 e. The molecule has 0 aliphatic heterocycles. The number of primary amides is 1. The molecule has 1 atom stereocenters. The topological polar surface area (TPSA) is 43.1 Å². The first kappa shape index (κ1) is 12.9. The highest BCUT2D eigenvalue weighted by atomic mass is 16.1. The summed E-state index contributed by atoms with van der Waals surface area (Å²) in [6.07, 6.45) is 11.2. The lowest BCUT2D eigenvalue weighted by molar-refractivity contribution is -0.144. The van der Waals surface area contributed by atoms with Gasteiger partial charge >= 0.3 is 0 Å². The molecule has 0 heterocycles. The molecule has 0 aromatic carbocycles. The van der Waals surface area contributed by atoms with Crippen LogP contribution in [-0.2, 0) is 4.79 Å². The minimum Gasteiger partial charge on any atom is -0.369 e. The summed E-state index contributed by atoms with van der Waals surface area (Å²) in [6, 6.07) is 0. The maximum absolute atomic E-state index is 11.7. The minimum atomic E-state index is -0.146. The second-order valence-corrected chi connectivity index (χ2v) is 6.58. The fourth-order valence-electron chi connectivity index (χ4n) is 4.36. The van der Waals surface area contributed by atoms with E-state index in [1.807, 2.05) is 0 Å². The Hall–Kier alpha value is -0.530. The lowest BCUT2D eigenvalue weighted by atomic mass is 9.48. The van der Waals surface area contributed by atoms with Crippen LogP contribution in [0.15, 0.2) is 0 Å². The molecule has 3 rings (SSSR count). The van der Waals surface area contributed by atoms with Gasteiger partial charge in [-0.05, 0) is 49.9 Å². The predicted octanol–water partition coefficient (Wildman–Crippen LogP) is 3.64. The Bertz CT molecular complexity index is 289. The number of amides is 1. The summed E-state index contributed by atoms with van der Waals surface area (Å²) in [6.45, 7) is 4.51. The van der Waals surface area contributed by atoms with Crippen molar-refractivity contribution in [3.8, 4) is 0 Å². The highest BCUT2D eigenvalue weighted by Gasteiger charge is 2.55. The number of fused-ring (bicyclic) bond motifs is 3. The third-order valence-corrected chi connectivity index (χ3v) is 5.69. The first-order chi connectivity index (χ1) is 8.05. The van der Waals surface area contributed by atoms with Crippen molar-refractivity contribution in [3.63, 3.8) is 0 Å². The fourth-order valence-corrected chi connectivity index (χ4v) is 4.36. The van der Waals surface area contributed by atoms with Gasteiger partial charge in [-0.25, -0.2) is 0 Å². The normalized spacial score (nSPS) is 40.5. The van der Waals surface area contributed by atoms with Gasteiger partial charge in [-0.2, -0.15) is 0 Å². The second-order valence-electron chi connectivity index (χ2n) is 6.58. The van der Waals surface area contributed by atoms with Crippen LogP contribution in [0.1, 0.15) is 71.6 Å². The van der Waals surface area contributed by atoms with Crippen molar-refractivity contribution < 1.29 is 4.79 Å². The summed E-state index contributed by atoms with van der Waals surface area (Å²) in [5, 5.41) is 0. The zero-order chi connectivity index (χ0) is 12.5. The van der Waals surface area contributed by atoms with E-state index < -0.39 is 0 Å². The van der Waals surface area contributed by atoms with Gasteiger partial charge in [0.25, 0.3) is 0 Å². The molecule has 2 bridgehead atoms. The number of carbonyl (C=O) groups excluding carboxylic acids is 1. The average molecular weight is 237 g/mol. The molecule has 2 N–H and O–H groups in total. The molecule has 0 spiro atoms. The molecule has 1 amide bonds. The summed E-state index contributed by atoms with van der Waals surface area (Å²) in [4.78, 5) is 11.7. The molecule has 1 unspecified atom stereocenters. The molecule has 17 heavy (non-hydrogen) atoms. The van der Waals surface area contributed by atoms with Gasteiger partial charge < -0.3 is 5.73 Å². The van der Waals surface area contributed by atoms with Crippen molar-refractivity contribution in [1.82, 2.24) is 0 Å². The van der Waals surface area contributed by atoms with Gasteiger partial charge in [-0.3, -0.25) is 4.79 Å². The van der Waals surface area contributed by atoms with Crippen LogP contribution >= 0.6 is 0 Å². The maximum Gasteiger partial charge on any atom is 0.223 e. The van der Waals surface area contributed by atoms with E-state index in [1.165, 1.54) is 44.9 Å². The quantitative estimate of drug-likeness (QED) is 0.729. The molecular formula is C15H27NO. The molecule has 2 nitrogen and oxygen atoms in total. The number of unbranched alkanes of at least 4 members (excludes halogenated alkanes) is 2. The van der Waals surface area contributed by atoms with Crippen LogP contribution in [-0.4, -0.2) is 5.91 Å². The Morgan fingerprint density at radius 3 is 2.35 bits per heavy atom. The summed E-state index contributed by atoms with van der Waals surface area (Å²) < 4.78 is 0. The highest BCUT2D eigenvalue weighted by molar-refractivity contribution is 5.81. The molecule has 0 saturated heterocycles. The van der Waals surface area contributed by atoms with E-state index in [0.717, 1.165) is 12.8 Å². The van der Waals surface area contributed by atoms with Gasteiger partial charge in [0, 0.05) is 0 Å². The Labute approximate surface area is 105 Å². The summed E-state index contributed by atoms with van der Waals surface area (Å²) >= 11 is 0. The second kappa shape index (κ2) is 4.62. The Morgan fingerprint density at radius 1 is 1.24 bits per heavy atom. The van der Waals surface area contributed by atoms with Crippen LogP contribution < -0.4 is 5.73 Å². The summed E-state index contributed by atoms with van der Waals surface area (Å²) in [7, 11) is 0. The summed E-state index contributed by atoms with van der Waals surface area (Å²) in [5.74, 6) is 0.469. The fraction of sp³-hybridized carbons (Fsp3) is 0.933. The molecule has 0 aromatic rings. The van der Waals surface area contributed by atoms with Gasteiger partial charge in [-0.15, -0.1) is 0 Å². The molecule has 3 saturated carbocycles. The van der Waals surface area contributed by atoms with E-state index in [-0.39, 0.29) is 11.3 Å². The number of carbonyl (C=O) groups is 1. The van der Waals surface area contributed by atoms with Gasteiger partial charge in [0.2, 0.25) is 5.91 Å². The van der Waals surface area contributed by atoms with E-state index in [4.69, 9.17) is 5.73 Å². The van der Waals surface area contributed by atoms with Crippen molar-refractivity contribution in [2.45, 2.75) is 71.6 Å². The number of hydrogen-bond donors (Lipinski definition) is 1. The van der Waals surface area contributed by atoms with Gasteiger partial charge in [0.05, 0.1) is 5.41 Å². The first-order valence-corrected chi connectivity index (χ1v) is 7.35. The minimum absolute atomic E-state index is 0.0353. The number of hydrogen-bond acceptors (Lipinski definition) is 1. The van der Waals surface area contributed by atoms with Crippen LogP contribution in [0.4, 0.5) is 0 Å². The monoisotopic (exact) mass is 237 g/mol. The van der Waals surface area contributed by atoms with Crippen LogP contribution in [0.5, 0.6) is 0 Å². The Morgan fingerprint density at radius 2 is 1.88 bits per heavy atom. The standard InChI is InChI=1S/C15H27NO/c1-3-4-5-6-14-7-9-15(10-8-14,13(16)17)12(2)11-14/h12H,3-11H2,1-2H3,(H2,16,17). The molecule has 0 radical (unpaired) electrons. The predicted molar refractivity (Wildman–Crippen MR) is 70.5 cm³/mol. The lowest BCUT2D eigenvalue weighted by Crippen LogP contribution is -2.53. The van der Waals surface area contributed by atoms with Crippen molar-refractivity contribution >= 4 is 5.91 Å². The smallest absolute Gasteiger partial charge is 0.223 e. The van der Waals surface area contributed by atoms with E-state index in [2.05, 4.69) is 13.8 Å². The van der Waals surface area contributed by atoms with Gasteiger partial charge in [0.15, 0.2) is 0 Å². The first-order valence-electron chi connectivity index (χ1n) is 7.35. The molecule has 98 valence electrons. The number of nitrogens with two attached hydrogens (primary N) is 1. The van der Waals surface area contributed by atoms with E-state index in [0.29, 0.717) is 11.3 Å². The third kappa shape index (κ3) is 2.11. The lowest BCUT2D eigenvalue weighted by Gasteiger charge is -2.56. The molecule has 0 aromatic heterocycles. The SMILES string of the molecule is CCCCCC12CCC(C(N)=O)(CC1)C(C)C2. The average Bonchev–Trinajstić information content (AvgIpc) is 2.30. The van der Waals surface area contributed by atoms with Gasteiger partial charge in [0.1, 0.15) is 0 Å². The van der Waals surface area contributed by atoms with Crippen molar-refractivity contribution in [2.75, 3.05) is 0 Å². The molecule has 3 aliphatic rings. The third-order valence-electron chi connectivity index (χ3n) is 5.69. The molecule has 2 heteroatoms. The van der Waals surface area contributed by atoms with Crippen molar-refractivity contribution in [2.24, 2.45) is 22.5 Å². The van der Waals surface area contributed by atoms with Crippen LogP contribution in [0, 0.1) is 16.7 Å². The van der Waals surface area contributed by atoms with Crippen LogP contribution in [0.3, 0.4) is 0 Å². The molecule has 3 fully saturated rings. The van der Waals surface area contributed by atoms with Crippen LogP contribution in [0.25, 0.3) is 0 Å². The molecular weight excluding hydrogens is 210 g/mol. The summed E-state index contributed by atoms with van der Waals surface area (Å²) in [5.41, 5.74) is 6.07. The highest BCUT2D eigenvalue weighted by Crippen LogP contribution is 2.61. The van der Waals surface area contributed by atoms with E-state index in [9.17, 15) is 4.79 Å². The van der Waals surface area contributed by atoms with Crippen molar-refractivity contribution in [3.05, 3.63) is 0 Å².